The molecule has 1 aromatic heterocycles. The van der Waals surface area contributed by atoms with E-state index >= 15 is 0 Å². The van der Waals surface area contributed by atoms with Gasteiger partial charge in [-0.2, -0.15) is 13.2 Å². The molecule has 0 N–H and O–H groups in total. The third-order valence-corrected chi connectivity index (χ3v) is 2.05. The normalized spacial score (nSPS) is 11.5. The zero-order chi connectivity index (χ0) is 11.5. The molecule has 0 spiro atoms. The van der Waals surface area contributed by atoms with Crippen LogP contribution in [0.15, 0.2) is 18.3 Å². The molecule has 84 valence electrons. The molecule has 0 aromatic carbocycles. The predicted octanol–water partition coefficient (Wildman–Crippen LogP) is 2.78. The molecule has 5 heteroatoms. The first-order chi connectivity index (χ1) is 6.88. The van der Waals surface area contributed by atoms with E-state index in [0.29, 0.717) is 0 Å². The molecular formula is C10H13F3N2. The summed E-state index contributed by atoms with van der Waals surface area (Å²) in [5, 5.41) is 0. The lowest BCUT2D eigenvalue weighted by Gasteiger charge is -2.20. The maximum absolute atomic E-state index is 12.0. The highest BCUT2D eigenvalue weighted by Crippen LogP contribution is 2.21. The summed E-state index contributed by atoms with van der Waals surface area (Å²) in [7, 11) is 1.64. The quantitative estimate of drug-likeness (QED) is 0.775. The third kappa shape index (κ3) is 4.18. The van der Waals surface area contributed by atoms with E-state index < -0.39 is 12.6 Å². The molecule has 0 bridgehead atoms. The van der Waals surface area contributed by atoms with Crippen molar-refractivity contribution in [2.75, 3.05) is 18.5 Å². The number of hydrogen-bond donors (Lipinski definition) is 0. The minimum atomic E-state index is -4.10. The van der Waals surface area contributed by atoms with E-state index in [1.165, 1.54) is 0 Å². The highest BCUT2D eigenvalue weighted by Gasteiger charge is 2.27. The Hall–Kier alpha value is -1.26. The van der Waals surface area contributed by atoms with Crippen LogP contribution >= 0.6 is 0 Å². The number of anilines is 1. The summed E-state index contributed by atoms with van der Waals surface area (Å²) in [6.07, 6.45) is -3.31. The maximum atomic E-state index is 12.0. The summed E-state index contributed by atoms with van der Waals surface area (Å²) in [6, 6.07) is 3.46. The number of aryl methyl sites for hydroxylation is 1. The van der Waals surface area contributed by atoms with Crippen molar-refractivity contribution >= 4 is 5.69 Å². The molecule has 0 aliphatic heterocycles. The van der Waals surface area contributed by atoms with Crippen molar-refractivity contribution in [2.45, 2.75) is 19.5 Å². The molecule has 0 aliphatic rings. The number of alkyl halides is 3. The first-order valence-electron chi connectivity index (χ1n) is 4.59. The van der Waals surface area contributed by atoms with Crippen molar-refractivity contribution in [3.05, 3.63) is 24.0 Å². The van der Waals surface area contributed by atoms with Crippen LogP contribution in [0.3, 0.4) is 0 Å². The molecule has 2 nitrogen and oxygen atoms in total. The second kappa shape index (κ2) is 4.51. The van der Waals surface area contributed by atoms with E-state index in [9.17, 15) is 13.2 Å². The summed E-state index contributed by atoms with van der Waals surface area (Å²) < 4.78 is 35.9. The van der Waals surface area contributed by atoms with Crippen molar-refractivity contribution in [1.82, 2.24) is 4.98 Å². The monoisotopic (exact) mass is 218 g/mol. The molecule has 0 fully saturated rings. The highest BCUT2D eigenvalue weighted by atomic mass is 19.4. The van der Waals surface area contributed by atoms with E-state index in [1.807, 2.05) is 0 Å². The van der Waals surface area contributed by atoms with Gasteiger partial charge in [0.25, 0.3) is 0 Å². The summed E-state index contributed by atoms with van der Waals surface area (Å²) in [5.74, 6) is 0. The second-order valence-corrected chi connectivity index (χ2v) is 3.44. The SMILES string of the molecule is Cc1cc(N(C)CCC(F)(F)F)ccn1. The molecular weight excluding hydrogens is 205 g/mol. The van der Waals surface area contributed by atoms with Crippen LogP contribution in [-0.4, -0.2) is 24.8 Å². The Labute approximate surface area is 86.7 Å². The number of pyridine rings is 1. The minimum Gasteiger partial charge on any atom is -0.374 e. The van der Waals surface area contributed by atoms with Gasteiger partial charge in [0.2, 0.25) is 0 Å². The average Bonchev–Trinajstić information content (AvgIpc) is 2.13. The van der Waals surface area contributed by atoms with Crippen molar-refractivity contribution in [3.63, 3.8) is 0 Å². The smallest absolute Gasteiger partial charge is 0.374 e. The van der Waals surface area contributed by atoms with Gasteiger partial charge in [-0.25, -0.2) is 0 Å². The van der Waals surface area contributed by atoms with Gasteiger partial charge in [0.05, 0.1) is 6.42 Å². The van der Waals surface area contributed by atoms with Gasteiger partial charge in [-0.3, -0.25) is 4.98 Å². The van der Waals surface area contributed by atoms with Crippen LogP contribution in [-0.2, 0) is 0 Å². The Morgan fingerprint density at radius 1 is 1.40 bits per heavy atom. The fourth-order valence-electron chi connectivity index (χ4n) is 1.19. The average molecular weight is 218 g/mol. The number of aromatic nitrogens is 1. The fraction of sp³-hybridized carbons (Fsp3) is 0.500. The molecule has 0 aliphatic carbocycles. The summed E-state index contributed by atoms with van der Waals surface area (Å²) in [5.41, 5.74) is 1.55. The van der Waals surface area contributed by atoms with Gasteiger partial charge in [0, 0.05) is 31.2 Å². The molecule has 0 unspecified atom stereocenters. The van der Waals surface area contributed by atoms with Crippen molar-refractivity contribution in [1.29, 1.82) is 0 Å². The lowest BCUT2D eigenvalue weighted by Crippen LogP contribution is -2.24. The van der Waals surface area contributed by atoms with Gasteiger partial charge in [-0.05, 0) is 19.1 Å². The zero-order valence-electron chi connectivity index (χ0n) is 8.67. The van der Waals surface area contributed by atoms with Gasteiger partial charge >= 0.3 is 6.18 Å². The van der Waals surface area contributed by atoms with Gasteiger partial charge in [-0.15, -0.1) is 0 Å². The molecule has 15 heavy (non-hydrogen) atoms. The number of nitrogens with zero attached hydrogens (tertiary/aromatic N) is 2. The van der Waals surface area contributed by atoms with E-state index in [1.54, 1.807) is 37.2 Å². The van der Waals surface area contributed by atoms with Crippen molar-refractivity contribution in [2.24, 2.45) is 0 Å². The summed E-state index contributed by atoms with van der Waals surface area (Å²) >= 11 is 0. The van der Waals surface area contributed by atoms with E-state index in [-0.39, 0.29) is 6.54 Å². The standard InChI is InChI=1S/C10H13F3N2/c1-8-7-9(3-5-14-8)15(2)6-4-10(11,12)13/h3,5,7H,4,6H2,1-2H3. The Morgan fingerprint density at radius 3 is 2.60 bits per heavy atom. The van der Waals surface area contributed by atoms with E-state index in [0.717, 1.165) is 11.4 Å². The van der Waals surface area contributed by atoms with E-state index in [2.05, 4.69) is 4.98 Å². The molecule has 1 rings (SSSR count). The third-order valence-electron chi connectivity index (χ3n) is 2.05. The van der Waals surface area contributed by atoms with Crippen LogP contribution in [0.1, 0.15) is 12.1 Å². The summed E-state index contributed by atoms with van der Waals surface area (Å²) in [6.45, 7) is 1.77. The van der Waals surface area contributed by atoms with Crippen molar-refractivity contribution < 1.29 is 13.2 Å². The highest BCUT2D eigenvalue weighted by molar-refractivity contribution is 5.45. The van der Waals surface area contributed by atoms with Gasteiger partial charge < -0.3 is 4.90 Å². The largest absolute Gasteiger partial charge is 0.390 e. The van der Waals surface area contributed by atoms with Crippen molar-refractivity contribution in [3.8, 4) is 0 Å². The van der Waals surface area contributed by atoms with Gasteiger partial charge in [-0.1, -0.05) is 0 Å². The van der Waals surface area contributed by atoms with Gasteiger partial charge in [0.1, 0.15) is 0 Å². The Bertz CT molecular complexity index is 323. The second-order valence-electron chi connectivity index (χ2n) is 3.44. The molecule has 0 atom stereocenters. The van der Waals surface area contributed by atoms with Crippen LogP contribution in [0.5, 0.6) is 0 Å². The fourth-order valence-corrected chi connectivity index (χ4v) is 1.19. The molecule has 0 saturated heterocycles. The summed E-state index contributed by atoms with van der Waals surface area (Å²) in [4.78, 5) is 5.55. The number of halogens is 3. The van der Waals surface area contributed by atoms with E-state index in [4.69, 9.17) is 0 Å². The molecule has 0 amide bonds. The predicted molar refractivity (Wildman–Crippen MR) is 52.9 cm³/mol. The molecule has 0 radical (unpaired) electrons. The zero-order valence-corrected chi connectivity index (χ0v) is 8.67. The first kappa shape index (κ1) is 11.8. The Kier molecular flexibility index (Phi) is 3.55. The minimum absolute atomic E-state index is 0.0348. The number of hydrogen-bond acceptors (Lipinski definition) is 2. The molecule has 0 saturated carbocycles. The molecule has 1 aromatic rings. The lowest BCUT2D eigenvalue weighted by molar-refractivity contribution is -0.132. The Morgan fingerprint density at radius 2 is 2.07 bits per heavy atom. The molecule has 1 heterocycles. The maximum Gasteiger partial charge on any atom is 0.390 e. The Balaban J connectivity index is 2.58. The van der Waals surface area contributed by atoms with Gasteiger partial charge in [0.15, 0.2) is 0 Å². The lowest BCUT2D eigenvalue weighted by atomic mass is 10.3. The van der Waals surface area contributed by atoms with Crippen LogP contribution < -0.4 is 4.90 Å². The van der Waals surface area contributed by atoms with Crippen LogP contribution in [0.4, 0.5) is 18.9 Å². The van der Waals surface area contributed by atoms with Crippen LogP contribution in [0, 0.1) is 6.92 Å². The topological polar surface area (TPSA) is 16.1 Å². The first-order valence-corrected chi connectivity index (χ1v) is 4.59. The van der Waals surface area contributed by atoms with Crippen LogP contribution in [0.2, 0.25) is 0 Å². The number of rotatable bonds is 3. The van der Waals surface area contributed by atoms with Crippen LogP contribution in [0.25, 0.3) is 0 Å².